The molecule has 4 rings (SSSR count). The Labute approximate surface area is 177 Å². The number of hydrogen-bond acceptors (Lipinski definition) is 6. The highest BCUT2D eigenvalue weighted by molar-refractivity contribution is 7.92. The summed E-state index contributed by atoms with van der Waals surface area (Å²) < 4.78 is 28.4. The molecule has 152 valence electrons. The van der Waals surface area contributed by atoms with Gasteiger partial charge in [-0.3, -0.25) is 9.52 Å². The Hall–Kier alpha value is -3.30. The van der Waals surface area contributed by atoms with E-state index in [9.17, 15) is 13.2 Å². The fourth-order valence-corrected chi connectivity index (χ4v) is 5.10. The average molecular weight is 439 g/mol. The first-order valence-corrected chi connectivity index (χ1v) is 11.4. The van der Waals surface area contributed by atoms with Crippen molar-refractivity contribution in [3.8, 4) is 10.6 Å². The van der Waals surface area contributed by atoms with E-state index in [4.69, 9.17) is 0 Å². The Kier molecular flexibility index (Phi) is 5.23. The van der Waals surface area contributed by atoms with E-state index in [1.807, 2.05) is 25.1 Å². The van der Waals surface area contributed by atoms with Crippen molar-refractivity contribution in [1.82, 2.24) is 9.97 Å². The Morgan fingerprint density at radius 2 is 1.80 bits per heavy atom. The second-order valence-electron chi connectivity index (χ2n) is 6.64. The summed E-state index contributed by atoms with van der Waals surface area (Å²) in [7, 11) is -3.80. The van der Waals surface area contributed by atoms with Crippen molar-refractivity contribution in [1.29, 1.82) is 0 Å². The third-order valence-corrected chi connectivity index (χ3v) is 6.85. The largest absolute Gasteiger partial charge is 0.326 e. The molecule has 9 heteroatoms. The number of rotatable bonds is 5. The molecule has 0 unspecified atom stereocenters. The maximum Gasteiger partial charge on any atom is 0.261 e. The van der Waals surface area contributed by atoms with E-state index in [-0.39, 0.29) is 10.8 Å². The molecular formula is C21H18N4O3S2. The van der Waals surface area contributed by atoms with E-state index in [2.05, 4.69) is 20.0 Å². The first-order chi connectivity index (χ1) is 14.3. The average Bonchev–Trinajstić information content (AvgIpc) is 3.13. The standard InChI is InChI=1S/C21H18N4O3S2/c1-13-17(20-24-19-7-4-12-22-21(19)29-20)5-3-6-18(13)25-30(27,28)16-10-8-15(9-11-16)23-14(2)26/h3-12,25H,1-2H3,(H,23,26). The lowest BCUT2D eigenvalue weighted by molar-refractivity contribution is -0.114. The molecule has 0 bridgehead atoms. The van der Waals surface area contributed by atoms with Crippen LogP contribution in [0.4, 0.5) is 11.4 Å². The molecule has 0 aliphatic rings. The predicted molar refractivity (Wildman–Crippen MR) is 119 cm³/mol. The Balaban J connectivity index is 1.64. The lowest BCUT2D eigenvalue weighted by Crippen LogP contribution is -2.14. The Morgan fingerprint density at radius 3 is 2.50 bits per heavy atom. The minimum absolute atomic E-state index is 0.102. The molecule has 0 spiro atoms. The molecule has 0 saturated carbocycles. The van der Waals surface area contributed by atoms with E-state index in [1.54, 1.807) is 30.5 Å². The summed E-state index contributed by atoms with van der Waals surface area (Å²) in [6.07, 6.45) is 1.72. The quantitative estimate of drug-likeness (QED) is 0.480. The number of carbonyl (C=O) groups is 1. The third-order valence-electron chi connectivity index (χ3n) is 4.46. The molecule has 1 amide bonds. The van der Waals surface area contributed by atoms with Crippen LogP contribution in [0.15, 0.2) is 65.7 Å². The molecule has 0 atom stereocenters. The van der Waals surface area contributed by atoms with Crippen LogP contribution >= 0.6 is 11.3 Å². The zero-order valence-electron chi connectivity index (χ0n) is 16.2. The van der Waals surface area contributed by atoms with Crippen LogP contribution in [0.3, 0.4) is 0 Å². The Morgan fingerprint density at radius 1 is 1.03 bits per heavy atom. The van der Waals surface area contributed by atoms with Crippen LogP contribution in [-0.4, -0.2) is 24.3 Å². The van der Waals surface area contributed by atoms with Crippen molar-refractivity contribution in [3.05, 3.63) is 66.4 Å². The highest BCUT2D eigenvalue weighted by Gasteiger charge is 2.18. The summed E-state index contributed by atoms with van der Waals surface area (Å²) in [5.74, 6) is -0.221. The molecule has 2 aromatic heterocycles. The number of carbonyl (C=O) groups excluding carboxylic acids is 1. The molecule has 0 fully saturated rings. The molecule has 7 nitrogen and oxygen atoms in total. The van der Waals surface area contributed by atoms with Crippen LogP contribution in [0.2, 0.25) is 0 Å². The van der Waals surface area contributed by atoms with Crippen molar-refractivity contribution in [2.75, 3.05) is 10.0 Å². The Bertz CT molecular complexity index is 1310. The number of aromatic nitrogens is 2. The van der Waals surface area contributed by atoms with Crippen LogP contribution in [0.25, 0.3) is 20.9 Å². The lowest BCUT2D eigenvalue weighted by Gasteiger charge is -2.13. The highest BCUT2D eigenvalue weighted by atomic mass is 32.2. The first kappa shape index (κ1) is 20.0. The zero-order valence-corrected chi connectivity index (χ0v) is 17.8. The van der Waals surface area contributed by atoms with Crippen molar-refractivity contribution in [3.63, 3.8) is 0 Å². The van der Waals surface area contributed by atoms with Gasteiger partial charge < -0.3 is 5.32 Å². The summed E-state index contributed by atoms with van der Waals surface area (Å²) in [4.78, 5) is 21.0. The van der Waals surface area contributed by atoms with Crippen LogP contribution in [-0.2, 0) is 14.8 Å². The van der Waals surface area contributed by atoms with Crippen LogP contribution in [0.5, 0.6) is 0 Å². The SMILES string of the molecule is CC(=O)Nc1ccc(S(=O)(=O)Nc2cccc(-c3nc4cccnc4s3)c2C)cc1. The summed E-state index contributed by atoms with van der Waals surface area (Å²) >= 11 is 1.46. The maximum atomic E-state index is 12.9. The van der Waals surface area contributed by atoms with Gasteiger partial charge >= 0.3 is 0 Å². The second kappa shape index (κ2) is 7.85. The van der Waals surface area contributed by atoms with Crippen LogP contribution in [0.1, 0.15) is 12.5 Å². The molecule has 0 saturated heterocycles. The molecule has 4 aromatic rings. The van der Waals surface area contributed by atoms with E-state index in [0.717, 1.165) is 26.5 Å². The number of thiazole rings is 1. The number of anilines is 2. The number of hydrogen-bond donors (Lipinski definition) is 2. The summed E-state index contributed by atoms with van der Waals surface area (Å²) in [6, 6.07) is 15.1. The van der Waals surface area contributed by atoms with Gasteiger partial charge in [-0.25, -0.2) is 18.4 Å². The van der Waals surface area contributed by atoms with Crippen molar-refractivity contribution in [2.24, 2.45) is 0 Å². The van der Waals surface area contributed by atoms with E-state index in [0.29, 0.717) is 11.4 Å². The normalized spacial score (nSPS) is 11.4. The maximum absolute atomic E-state index is 12.9. The fourth-order valence-electron chi connectivity index (χ4n) is 2.99. The molecule has 30 heavy (non-hydrogen) atoms. The van der Waals surface area contributed by atoms with E-state index in [1.165, 1.54) is 30.4 Å². The monoisotopic (exact) mass is 438 g/mol. The lowest BCUT2D eigenvalue weighted by atomic mass is 10.1. The predicted octanol–water partition coefficient (Wildman–Crippen LogP) is 4.43. The van der Waals surface area contributed by atoms with Gasteiger partial charge in [-0.1, -0.05) is 23.5 Å². The van der Waals surface area contributed by atoms with Gasteiger partial charge in [0.2, 0.25) is 5.91 Å². The first-order valence-electron chi connectivity index (χ1n) is 9.05. The van der Waals surface area contributed by atoms with Crippen LogP contribution < -0.4 is 10.0 Å². The second-order valence-corrected chi connectivity index (χ2v) is 9.30. The number of benzene rings is 2. The number of sulfonamides is 1. The minimum Gasteiger partial charge on any atom is -0.326 e. The van der Waals surface area contributed by atoms with Gasteiger partial charge in [0.05, 0.1) is 10.6 Å². The number of fused-ring (bicyclic) bond motifs is 1. The number of amides is 1. The molecule has 0 radical (unpaired) electrons. The third kappa shape index (κ3) is 4.03. The van der Waals surface area contributed by atoms with E-state index >= 15 is 0 Å². The van der Waals surface area contributed by atoms with Crippen molar-refractivity contribution < 1.29 is 13.2 Å². The molecule has 2 heterocycles. The number of pyridine rings is 1. The summed E-state index contributed by atoms with van der Waals surface area (Å²) in [6.45, 7) is 3.25. The van der Waals surface area contributed by atoms with Crippen molar-refractivity contribution in [2.45, 2.75) is 18.7 Å². The minimum atomic E-state index is -3.80. The van der Waals surface area contributed by atoms with Gasteiger partial charge in [0.1, 0.15) is 15.4 Å². The van der Waals surface area contributed by atoms with Crippen molar-refractivity contribution >= 4 is 49.0 Å². The van der Waals surface area contributed by atoms with Gasteiger partial charge in [-0.15, -0.1) is 0 Å². The summed E-state index contributed by atoms with van der Waals surface area (Å²) in [5, 5.41) is 3.39. The summed E-state index contributed by atoms with van der Waals surface area (Å²) in [5.41, 5.74) is 3.44. The molecule has 2 aromatic carbocycles. The van der Waals surface area contributed by atoms with Gasteiger partial charge in [-0.05, 0) is 55.0 Å². The topological polar surface area (TPSA) is 101 Å². The van der Waals surface area contributed by atoms with Crippen LogP contribution in [0, 0.1) is 6.92 Å². The van der Waals surface area contributed by atoms with E-state index < -0.39 is 10.0 Å². The smallest absolute Gasteiger partial charge is 0.261 e. The molecule has 0 aliphatic heterocycles. The zero-order chi connectivity index (χ0) is 21.3. The highest BCUT2D eigenvalue weighted by Crippen LogP contribution is 2.34. The molecule has 2 N–H and O–H groups in total. The van der Waals surface area contributed by atoms with Gasteiger partial charge in [0, 0.05) is 24.4 Å². The van der Waals surface area contributed by atoms with Gasteiger partial charge in [-0.2, -0.15) is 0 Å². The molecule has 0 aliphatic carbocycles. The number of nitrogens with zero attached hydrogens (tertiary/aromatic N) is 2. The number of nitrogens with one attached hydrogen (secondary N) is 2. The fraction of sp³-hybridized carbons (Fsp3) is 0.0952. The van der Waals surface area contributed by atoms with Gasteiger partial charge in [0.25, 0.3) is 10.0 Å². The molecular weight excluding hydrogens is 420 g/mol. The van der Waals surface area contributed by atoms with Gasteiger partial charge in [0.15, 0.2) is 0 Å².